The highest BCUT2D eigenvalue weighted by Gasteiger charge is 2.19. The van der Waals surface area contributed by atoms with Gasteiger partial charge in [-0.15, -0.1) is 0 Å². The lowest BCUT2D eigenvalue weighted by Crippen LogP contribution is -2.45. The third-order valence-electron chi connectivity index (χ3n) is 2.82. The van der Waals surface area contributed by atoms with Crippen LogP contribution in [0.25, 0.3) is 0 Å². The highest BCUT2D eigenvalue weighted by molar-refractivity contribution is 6.39. The van der Waals surface area contributed by atoms with Gasteiger partial charge in [0.05, 0.1) is 15.6 Å². The van der Waals surface area contributed by atoms with Gasteiger partial charge in [0, 0.05) is 12.6 Å². The maximum Gasteiger partial charge on any atom is 0.254 e. The van der Waals surface area contributed by atoms with Crippen LogP contribution in [0.2, 0.25) is 10.0 Å². The molecule has 1 atom stereocenters. The minimum absolute atomic E-state index is 0.156. The monoisotopic (exact) mass is 272 g/mol. The molecule has 0 aliphatic carbocycles. The minimum Gasteiger partial charge on any atom is -0.348 e. The van der Waals surface area contributed by atoms with Crippen molar-refractivity contribution < 1.29 is 4.79 Å². The van der Waals surface area contributed by atoms with Crippen molar-refractivity contribution in [3.05, 3.63) is 33.8 Å². The fourth-order valence-corrected chi connectivity index (χ4v) is 2.52. The zero-order valence-corrected chi connectivity index (χ0v) is 10.8. The predicted octanol–water partition coefficient (Wildman–Crippen LogP) is 2.48. The van der Waals surface area contributed by atoms with Gasteiger partial charge < -0.3 is 10.6 Å². The molecule has 2 rings (SSSR count). The number of hydrogen-bond donors (Lipinski definition) is 2. The first-order valence-corrected chi connectivity index (χ1v) is 6.39. The summed E-state index contributed by atoms with van der Waals surface area (Å²) in [4.78, 5) is 12.0. The largest absolute Gasteiger partial charge is 0.348 e. The predicted molar refractivity (Wildman–Crippen MR) is 69.8 cm³/mol. The molecule has 0 bridgehead atoms. The molecule has 3 nitrogen and oxygen atoms in total. The molecular formula is C12H14Cl2N2O. The van der Waals surface area contributed by atoms with Crippen LogP contribution in [-0.2, 0) is 0 Å². The van der Waals surface area contributed by atoms with Crippen molar-refractivity contribution in [1.29, 1.82) is 0 Å². The minimum atomic E-state index is -0.200. The van der Waals surface area contributed by atoms with E-state index in [0.29, 0.717) is 15.6 Å². The maximum absolute atomic E-state index is 12.0. The van der Waals surface area contributed by atoms with E-state index in [2.05, 4.69) is 10.6 Å². The summed E-state index contributed by atoms with van der Waals surface area (Å²) in [7, 11) is 0. The number of carbonyl (C=O) groups excluding carboxylic acids is 1. The molecule has 92 valence electrons. The zero-order chi connectivity index (χ0) is 12.3. The molecule has 0 unspecified atom stereocenters. The van der Waals surface area contributed by atoms with Crippen LogP contribution in [0.5, 0.6) is 0 Å². The normalized spacial score (nSPS) is 20.0. The summed E-state index contributed by atoms with van der Waals surface area (Å²) in [6.07, 6.45) is 2.06. The van der Waals surface area contributed by atoms with Crippen LogP contribution in [0.3, 0.4) is 0 Å². The Balaban J connectivity index is 2.08. The van der Waals surface area contributed by atoms with E-state index < -0.39 is 0 Å². The van der Waals surface area contributed by atoms with Crippen LogP contribution in [0.4, 0.5) is 0 Å². The van der Waals surface area contributed by atoms with Gasteiger partial charge in [-0.2, -0.15) is 0 Å². The molecule has 1 amide bonds. The van der Waals surface area contributed by atoms with E-state index in [-0.39, 0.29) is 11.9 Å². The van der Waals surface area contributed by atoms with E-state index in [0.717, 1.165) is 25.9 Å². The van der Waals surface area contributed by atoms with Crippen LogP contribution >= 0.6 is 23.2 Å². The molecule has 17 heavy (non-hydrogen) atoms. The summed E-state index contributed by atoms with van der Waals surface area (Å²) in [5.41, 5.74) is 0.362. The van der Waals surface area contributed by atoms with Crippen molar-refractivity contribution in [3.63, 3.8) is 0 Å². The van der Waals surface area contributed by atoms with Crippen molar-refractivity contribution in [2.75, 3.05) is 13.1 Å². The average Bonchev–Trinajstić information content (AvgIpc) is 2.30. The first-order valence-electron chi connectivity index (χ1n) is 5.64. The Kier molecular flexibility index (Phi) is 4.26. The number of hydrogen-bond acceptors (Lipinski definition) is 2. The van der Waals surface area contributed by atoms with Crippen molar-refractivity contribution >= 4 is 29.1 Å². The second-order valence-electron chi connectivity index (χ2n) is 4.11. The smallest absolute Gasteiger partial charge is 0.254 e. The number of halogens is 2. The number of piperidine rings is 1. The molecule has 0 spiro atoms. The fraction of sp³-hybridized carbons (Fsp3) is 0.417. The van der Waals surface area contributed by atoms with Gasteiger partial charge in [-0.25, -0.2) is 0 Å². The molecule has 5 heteroatoms. The van der Waals surface area contributed by atoms with Gasteiger partial charge in [-0.1, -0.05) is 29.3 Å². The molecule has 1 heterocycles. The van der Waals surface area contributed by atoms with Crippen molar-refractivity contribution in [2.45, 2.75) is 18.9 Å². The van der Waals surface area contributed by atoms with Crippen molar-refractivity contribution in [2.24, 2.45) is 0 Å². The topological polar surface area (TPSA) is 41.1 Å². The van der Waals surface area contributed by atoms with E-state index in [1.54, 1.807) is 18.2 Å². The van der Waals surface area contributed by atoms with Crippen LogP contribution in [0.1, 0.15) is 23.2 Å². The third kappa shape index (κ3) is 3.12. The van der Waals surface area contributed by atoms with Crippen LogP contribution in [0.15, 0.2) is 18.2 Å². The molecular weight excluding hydrogens is 259 g/mol. The fourth-order valence-electron chi connectivity index (χ4n) is 1.95. The van der Waals surface area contributed by atoms with Gasteiger partial charge in [0.15, 0.2) is 0 Å². The SMILES string of the molecule is O=C(N[C@@H]1CCCNC1)c1c(Cl)cccc1Cl. The first kappa shape index (κ1) is 12.7. The molecule has 2 N–H and O–H groups in total. The van der Waals surface area contributed by atoms with Crippen LogP contribution in [0, 0.1) is 0 Å². The molecule has 1 aromatic rings. The van der Waals surface area contributed by atoms with E-state index in [4.69, 9.17) is 23.2 Å². The van der Waals surface area contributed by atoms with E-state index >= 15 is 0 Å². The lowest BCUT2D eigenvalue weighted by molar-refractivity contribution is 0.0931. The summed E-state index contributed by atoms with van der Waals surface area (Å²) >= 11 is 12.0. The van der Waals surface area contributed by atoms with Crippen molar-refractivity contribution in [3.8, 4) is 0 Å². The molecule has 1 aliphatic heterocycles. The van der Waals surface area contributed by atoms with Gasteiger partial charge in [0.1, 0.15) is 0 Å². The molecule has 1 aliphatic rings. The Labute approximate surface area is 110 Å². The lowest BCUT2D eigenvalue weighted by Gasteiger charge is -2.24. The standard InChI is InChI=1S/C12H14Cl2N2O/c13-9-4-1-5-10(14)11(9)12(17)16-8-3-2-6-15-7-8/h1,4-5,8,15H,2-3,6-7H2,(H,16,17)/t8-/m1/s1. The van der Waals surface area contributed by atoms with Gasteiger partial charge in [-0.05, 0) is 31.5 Å². The Bertz CT molecular complexity index is 397. The maximum atomic E-state index is 12.0. The molecule has 0 saturated carbocycles. The second-order valence-corrected chi connectivity index (χ2v) is 4.93. The molecule has 0 radical (unpaired) electrons. The lowest BCUT2D eigenvalue weighted by atomic mass is 10.1. The number of carbonyl (C=O) groups is 1. The number of amides is 1. The first-order chi connectivity index (χ1) is 8.18. The Morgan fingerprint density at radius 2 is 2.06 bits per heavy atom. The highest BCUT2D eigenvalue weighted by Crippen LogP contribution is 2.24. The van der Waals surface area contributed by atoms with Gasteiger partial charge in [-0.3, -0.25) is 4.79 Å². The summed E-state index contributed by atoms with van der Waals surface area (Å²) in [6.45, 7) is 1.81. The molecule has 1 aromatic carbocycles. The Morgan fingerprint density at radius 1 is 1.35 bits per heavy atom. The summed E-state index contributed by atoms with van der Waals surface area (Å²) in [5, 5.41) is 6.96. The van der Waals surface area contributed by atoms with Crippen LogP contribution < -0.4 is 10.6 Å². The number of nitrogens with one attached hydrogen (secondary N) is 2. The zero-order valence-electron chi connectivity index (χ0n) is 9.30. The summed E-state index contributed by atoms with van der Waals surface area (Å²) in [5.74, 6) is -0.200. The Morgan fingerprint density at radius 3 is 2.65 bits per heavy atom. The summed E-state index contributed by atoms with van der Waals surface area (Å²) in [6, 6.07) is 5.22. The van der Waals surface area contributed by atoms with Gasteiger partial charge in [0.2, 0.25) is 0 Å². The van der Waals surface area contributed by atoms with Crippen molar-refractivity contribution in [1.82, 2.24) is 10.6 Å². The average molecular weight is 273 g/mol. The Hall–Kier alpha value is -0.770. The number of benzene rings is 1. The van der Waals surface area contributed by atoms with Gasteiger partial charge >= 0.3 is 0 Å². The second kappa shape index (κ2) is 5.71. The van der Waals surface area contributed by atoms with E-state index in [1.165, 1.54) is 0 Å². The highest BCUT2D eigenvalue weighted by atomic mass is 35.5. The van der Waals surface area contributed by atoms with Crippen LogP contribution in [-0.4, -0.2) is 25.0 Å². The summed E-state index contributed by atoms with van der Waals surface area (Å²) < 4.78 is 0. The number of rotatable bonds is 2. The van der Waals surface area contributed by atoms with E-state index in [9.17, 15) is 4.79 Å². The quantitative estimate of drug-likeness (QED) is 0.869. The van der Waals surface area contributed by atoms with Gasteiger partial charge in [0.25, 0.3) is 5.91 Å². The molecule has 0 aromatic heterocycles. The van der Waals surface area contributed by atoms with E-state index in [1.807, 2.05) is 0 Å². The third-order valence-corrected chi connectivity index (χ3v) is 3.45. The molecule has 1 saturated heterocycles. The molecule has 1 fully saturated rings.